The van der Waals surface area contributed by atoms with Crippen molar-refractivity contribution in [3.8, 4) is 0 Å². The van der Waals surface area contributed by atoms with E-state index in [0.717, 1.165) is 19.0 Å². The van der Waals surface area contributed by atoms with Crippen LogP contribution < -0.4 is 10.6 Å². The monoisotopic (exact) mass is 231 g/mol. The number of aliphatic imine (C=N–C) groups is 1. The summed E-state index contributed by atoms with van der Waals surface area (Å²) in [7, 11) is 0. The lowest BCUT2D eigenvalue weighted by molar-refractivity contribution is 0.812. The van der Waals surface area contributed by atoms with Gasteiger partial charge in [0.1, 0.15) is 0 Å². The van der Waals surface area contributed by atoms with E-state index in [1.54, 1.807) is 0 Å². The molecule has 0 spiro atoms. The molecule has 92 valence electrons. The summed E-state index contributed by atoms with van der Waals surface area (Å²) >= 11 is 0. The molecule has 0 aromatic heterocycles. The summed E-state index contributed by atoms with van der Waals surface area (Å²) in [6, 6.07) is 9.15. The number of guanidine groups is 1. The van der Waals surface area contributed by atoms with Gasteiger partial charge in [0.25, 0.3) is 0 Å². The number of hydrogen-bond donors (Lipinski definition) is 2. The maximum atomic E-state index is 4.60. The first-order chi connectivity index (χ1) is 8.28. The molecular formula is C14H21N3. The van der Waals surface area contributed by atoms with E-state index in [-0.39, 0.29) is 0 Å². The van der Waals surface area contributed by atoms with Crippen molar-refractivity contribution in [1.82, 2.24) is 10.6 Å². The first-order valence-electron chi connectivity index (χ1n) is 6.38. The van der Waals surface area contributed by atoms with Gasteiger partial charge in [-0.2, -0.15) is 0 Å². The Morgan fingerprint density at radius 1 is 1.41 bits per heavy atom. The van der Waals surface area contributed by atoms with Crippen molar-refractivity contribution < 1.29 is 0 Å². The predicted molar refractivity (Wildman–Crippen MR) is 72.2 cm³/mol. The molecule has 2 N–H and O–H groups in total. The molecule has 0 bridgehead atoms. The first-order valence-corrected chi connectivity index (χ1v) is 6.38. The molecule has 0 amide bonds. The Hall–Kier alpha value is -1.51. The molecule has 1 saturated carbocycles. The number of hydrogen-bond acceptors (Lipinski definition) is 1. The average Bonchev–Trinajstić information content (AvgIpc) is 3.10. The van der Waals surface area contributed by atoms with Crippen molar-refractivity contribution in [2.75, 3.05) is 6.54 Å². The Bertz CT molecular complexity index is 394. The highest BCUT2D eigenvalue weighted by atomic mass is 15.2. The van der Waals surface area contributed by atoms with Crippen molar-refractivity contribution in [1.29, 1.82) is 0 Å². The molecule has 0 radical (unpaired) electrons. The molecule has 1 aliphatic rings. The van der Waals surface area contributed by atoms with E-state index < -0.39 is 0 Å². The van der Waals surface area contributed by atoms with Crippen molar-refractivity contribution in [2.24, 2.45) is 4.99 Å². The van der Waals surface area contributed by atoms with Crippen LogP contribution >= 0.6 is 0 Å². The zero-order chi connectivity index (χ0) is 12.1. The van der Waals surface area contributed by atoms with Crippen molar-refractivity contribution in [3.05, 3.63) is 35.4 Å². The van der Waals surface area contributed by atoms with Gasteiger partial charge in [-0.1, -0.05) is 29.8 Å². The van der Waals surface area contributed by atoms with Gasteiger partial charge >= 0.3 is 0 Å². The maximum Gasteiger partial charge on any atom is 0.191 e. The van der Waals surface area contributed by atoms with Crippen LogP contribution in [0.3, 0.4) is 0 Å². The summed E-state index contributed by atoms with van der Waals surface area (Å²) in [6.45, 7) is 5.85. The Labute approximate surface area is 103 Å². The van der Waals surface area contributed by atoms with Crippen LogP contribution in [0.2, 0.25) is 0 Å². The van der Waals surface area contributed by atoms with E-state index in [0.29, 0.717) is 6.04 Å². The molecule has 0 aliphatic heterocycles. The van der Waals surface area contributed by atoms with Gasteiger partial charge in [-0.15, -0.1) is 0 Å². The van der Waals surface area contributed by atoms with E-state index in [9.17, 15) is 0 Å². The van der Waals surface area contributed by atoms with E-state index in [1.807, 2.05) is 0 Å². The second-order valence-electron chi connectivity index (χ2n) is 4.60. The molecule has 0 saturated heterocycles. The molecule has 1 aliphatic carbocycles. The smallest absolute Gasteiger partial charge is 0.191 e. The van der Waals surface area contributed by atoms with Crippen LogP contribution in [-0.2, 0) is 6.54 Å². The molecule has 0 unspecified atom stereocenters. The number of rotatable bonds is 4. The fourth-order valence-corrected chi connectivity index (χ4v) is 1.72. The van der Waals surface area contributed by atoms with Gasteiger partial charge in [0.05, 0.1) is 6.54 Å². The highest BCUT2D eigenvalue weighted by Crippen LogP contribution is 2.18. The van der Waals surface area contributed by atoms with E-state index in [4.69, 9.17) is 0 Å². The fourth-order valence-electron chi connectivity index (χ4n) is 1.72. The third-order valence-corrected chi connectivity index (χ3v) is 2.76. The minimum absolute atomic E-state index is 0.644. The minimum atomic E-state index is 0.644. The SMILES string of the molecule is CCNC(=NCc1cccc(C)c1)NC1CC1. The third-order valence-electron chi connectivity index (χ3n) is 2.76. The van der Waals surface area contributed by atoms with Gasteiger partial charge in [0, 0.05) is 12.6 Å². The zero-order valence-electron chi connectivity index (χ0n) is 10.7. The summed E-state index contributed by atoms with van der Waals surface area (Å²) in [6.07, 6.45) is 2.55. The zero-order valence-corrected chi connectivity index (χ0v) is 10.7. The minimum Gasteiger partial charge on any atom is -0.357 e. The van der Waals surface area contributed by atoms with E-state index in [1.165, 1.54) is 24.0 Å². The van der Waals surface area contributed by atoms with Crippen LogP contribution in [0.4, 0.5) is 0 Å². The number of aryl methyl sites for hydroxylation is 1. The van der Waals surface area contributed by atoms with Crippen LogP contribution in [0, 0.1) is 6.92 Å². The Morgan fingerprint density at radius 3 is 2.88 bits per heavy atom. The highest BCUT2D eigenvalue weighted by Gasteiger charge is 2.21. The number of nitrogens with zero attached hydrogens (tertiary/aromatic N) is 1. The molecule has 0 heterocycles. The topological polar surface area (TPSA) is 36.4 Å². The molecule has 2 rings (SSSR count). The normalized spacial score (nSPS) is 15.8. The number of nitrogens with one attached hydrogen (secondary N) is 2. The second kappa shape index (κ2) is 5.71. The largest absolute Gasteiger partial charge is 0.357 e. The van der Waals surface area contributed by atoms with Crippen LogP contribution in [0.15, 0.2) is 29.3 Å². The Kier molecular flexibility index (Phi) is 4.02. The van der Waals surface area contributed by atoms with Gasteiger partial charge in [-0.05, 0) is 32.3 Å². The van der Waals surface area contributed by atoms with Gasteiger partial charge in [0.2, 0.25) is 0 Å². The van der Waals surface area contributed by atoms with Gasteiger partial charge < -0.3 is 10.6 Å². The Morgan fingerprint density at radius 2 is 2.24 bits per heavy atom. The van der Waals surface area contributed by atoms with Crippen LogP contribution in [0.5, 0.6) is 0 Å². The Balaban J connectivity index is 1.95. The molecule has 3 nitrogen and oxygen atoms in total. The maximum absolute atomic E-state index is 4.60. The number of benzene rings is 1. The van der Waals surface area contributed by atoms with Crippen molar-refractivity contribution in [3.63, 3.8) is 0 Å². The lowest BCUT2D eigenvalue weighted by Gasteiger charge is -2.10. The van der Waals surface area contributed by atoms with Crippen molar-refractivity contribution >= 4 is 5.96 Å². The summed E-state index contributed by atoms with van der Waals surface area (Å²) in [5.74, 6) is 0.941. The lowest BCUT2D eigenvalue weighted by atomic mass is 10.1. The third kappa shape index (κ3) is 4.10. The molecule has 1 fully saturated rings. The van der Waals surface area contributed by atoms with Crippen LogP contribution in [-0.4, -0.2) is 18.5 Å². The molecular weight excluding hydrogens is 210 g/mol. The van der Waals surface area contributed by atoms with Crippen LogP contribution in [0.1, 0.15) is 30.9 Å². The van der Waals surface area contributed by atoms with Gasteiger partial charge in [-0.3, -0.25) is 0 Å². The second-order valence-corrected chi connectivity index (χ2v) is 4.60. The molecule has 1 aromatic carbocycles. The molecule has 3 heteroatoms. The molecule has 17 heavy (non-hydrogen) atoms. The summed E-state index contributed by atoms with van der Waals surface area (Å²) in [5.41, 5.74) is 2.55. The summed E-state index contributed by atoms with van der Waals surface area (Å²) in [4.78, 5) is 4.60. The predicted octanol–water partition coefficient (Wildman–Crippen LogP) is 2.21. The van der Waals surface area contributed by atoms with Gasteiger partial charge in [0.15, 0.2) is 5.96 Å². The fraction of sp³-hybridized carbons (Fsp3) is 0.500. The van der Waals surface area contributed by atoms with Crippen molar-refractivity contribution in [2.45, 2.75) is 39.3 Å². The summed E-state index contributed by atoms with van der Waals surface area (Å²) in [5, 5.41) is 6.69. The van der Waals surface area contributed by atoms with E-state index in [2.05, 4.69) is 53.7 Å². The average molecular weight is 231 g/mol. The quantitative estimate of drug-likeness (QED) is 0.616. The highest BCUT2D eigenvalue weighted by molar-refractivity contribution is 5.80. The van der Waals surface area contributed by atoms with Gasteiger partial charge in [-0.25, -0.2) is 4.99 Å². The van der Waals surface area contributed by atoms with Crippen LogP contribution in [0.25, 0.3) is 0 Å². The van der Waals surface area contributed by atoms with E-state index >= 15 is 0 Å². The lowest BCUT2D eigenvalue weighted by Crippen LogP contribution is -2.38. The standard InChI is InChI=1S/C14H21N3/c1-3-15-14(17-13-7-8-13)16-10-12-6-4-5-11(2)9-12/h4-6,9,13H,3,7-8,10H2,1-2H3,(H2,15,16,17). The molecule has 1 aromatic rings. The first kappa shape index (κ1) is 12.0. The molecule has 0 atom stereocenters. The summed E-state index contributed by atoms with van der Waals surface area (Å²) < 4.78 is 0.